The highest BCUT2D eigenvalue weighted by molar-refractivity contribution is 7.99. The van der Waals surface area contributed by atoms with Crippen LogP contribution in [0, 0.1) is 5.82 Å². The summed E-state index contributed by atoms with van der Waals surface area (Å²) in [6.45, 7) is 0.596. The Morgan fingerprint density at radius 2 is 1.92 bits per heavy atom. The molecular formula is C17H15ClFN3OS. The van der Waals surface area contributed by atoms with Crippen LogP contribution in [0.4, 0.5) is 4.39 Å². The summed E-state index contributed by atoms with van der Waals surface area (Å²) in [7, 11) is 0. The third-order valence-corrected chi connectivity index (χ3v) is 4.38. The normalized spacial score (nSPS) is 10.8. The van der Waals surface area contributed by atoms with Crippen LogP contribution in [0.25, 0.3) is 11.4 Å². The monoisotopic (exact) mass is 363 g/mol. The molecule has 0 saturated carbocycles. The molecule has 0 aliphatic carbocycles. The van der Waals surface area contributed by atoms with E-state index in [9.17, 15) is 4.39 Å². The van der Waals surface area contributed by atoms with Crippen LogP contribution < -0.4 is 4.74 Å². The van der Waals surface area contributed by atoms with Crippen LogP contribution in [-0.2, 0) is 0 Å². The minimum absolute atomic E-state index is 0.318. The summed E-state index contributed by atoms with van der Waals surface area (Å²) in [6, 6.07) is 13.8. The van der Waals surface area contributed by atoms with Gasteiger partial charge in [0.25, 0.3) is 0 Å². The fourth-order valence-corrected chi connectivity index (χ4v) is 2.86. The minimum Gasteiger partial charge on any atom is -0.494 e. The smallest absolute Gasteiger partial charge is 0.208 e. The summed E-state index contributed by atoms with van der Waals surface area (Å²) in [4.78, 5) is 4.31. The second kappa shape index (κ2) is 8.17. The number of rotatable bonds is 7. The number of H-pyrrole nitrogens is 1. The van der Waals surface area contributed by atoms with Gasteiger partial charge in [-0.2, -0.15) is 0 Å². The number of halogens is 2. The summed E-state index contributed by atoms with van der Waals surface area (Å²) in [5.41, 5.74) is 0.419. The summed E-state index contributed by atoms with van der Waals surface area (Å²) in [6.07, 6.45) is 0.844. The fraction of sp³-hybridized carbons (Fsp3) is 0.176. The van der Waals surface area contributed by atoms with Gasteiger partial charge in [0.05, 0.1) is 12.2 Å². The fourth-order valence-electron chi connectivity index (χ4n) is 2.03. The molecule has 0 spiro atoms. The minimum atomic E-state index is -0.318. The van der Waals surface area contributed by atoms with E-state index in [2.05, 4.69) is 15.2 Å². The van der Waals surface area contributed by atoms with E-state index < -0.39 is 0 Å². The molecule has 0 aliphatic rings. The molecule has 3 rings (SSSR count). The second-order valence-corrected chi connectivity index (χ2v) is 6.45. The van der Waals surface area contributed by atoms with E-state index in [0.29, 0.717) is 28.2 Å². The van der Waals surface area contributed by atoms with Crippen molar-refractivity contribution in [3.63, 3.8) is 0 Å². The molecule has 0 aliphatic heterocycles. The van der Waals surface area contributed by atoms with E-state index in [1.807, 2.05) is 12.1 Å². The standard InChI is InChI=1S/C17H15ClFN3OS/c18-12-6-8-13(9-7-12)23-10-3-11-24-17-20-16(21-22-17)14-4-1-2-5-15(14)19/h1-2,4-9H,3,10-11H2,(H,20,21,22). The highest BCUT2D eigenvalue weighted by atomic mass is 35.5. The van der Waals surface area contributed by atoms with Crippen molar-refractivity contribution < 1.29 is 9.13 Å². The maximum absolute atomic E-state index is 13.7. The van der Waals surface area contributed by atoms with Gasteiger partial charge in [0.15, 0.2) is 5.82 Å². The summed E-state index contributed by atoms with van der Waals surface area (Å²) in [5.74, 6) is 1.72. The Morgan fingerprint density at radius 3 is 2.71 bits per heavy atom. The Hall–Kier alpha value is -2.05. The number of nitrogens with one attached hydrogen (secondary N) is 1. The Kier molecular flexibility index (Phi) is 5.72. The van der Waals surface area contributed by atoms with Gasteiger partial charge in [-0.05, 0) is 42.8 Å². The van der Waals surface area contributed by atoms with Crippen molar-refractivity contribution in [1.82, 2.24) is 15.2 Å². The van der Waals surface area contributed by atoms with Crippen LogP contribution in [0.3, 0.4) is 0 Å². The molecule has 0 saturated heterocycles. The van der Waals surface area contributed by atoms with Gasteiger partial charge in [-0.3, -0.25) is 5.10 Å². The van der Waals surface area contributed by atoms with Gasteiger partial charge in [0.2, 0.25) is 5.16 Å². The van der Waals surface area contributed by atoms with Crippen molar-refractivity contribution in [1.29, 1.82) is 0 Å². The van der Waals surface area contributed by atoms with Crippen LogP contribution in [0.15, 0.2) is 53.7 Å². The van der Waals surface area contributed by atoms with Crippen molar-refractivity contribution in [2.45, 2.75) is 11.6 Å². The number of benzene rings is 2. The first-order valence-corrected chi connectivity index (χ1v) is 8.77. The number of aromatic amines is 1. The van der Waals surface area contributed by atoms with Crippen molar-refractivity contribution in [3.8, 4) is 17.1 Å². The Morgan fingerprint density at radius 1 is 1.12 bits per heavy atom. The average Bonchev–Trinajstić information content (AvgIpc) is 3.05. The van der Waals surface area contributed by atoms with Crippen LogP contribution in [-0.4, -0.2) is 27.5 Å². The van der Waals surface area contributed by atoms with Crippen LogP contribution in [0.1, 0.15) is 6.42 Å². The van der Waals surface area contributed by atoms with Crippen molar-refractivity contribution >= 4 is 23.4 Å². The number of thioether (sulfide) groups is 1. The molecule has 124 valence electrons. The molecule has 0 fully saturated rings. The van der Waals surface area contributed by atoms with E-state index in [1.54, 1.807) is 30.3 Å². The Labute approximate surface area is 148 Å². The zero-order chi connectivity index (χ0) is 16.8. The van der Waals surface area contributed by atoms with Crippen molar-refractivity contribution in [2.24, 2.45) is 0 Å². The topological polar surface area (TPSA) is 50.8 Å². The molecule has 0 atom stereocenters. The van der Waals surface area contributed by atoms with E-state index in [0.717, 1.165) is 17.9 Å². The largest absolute Gasteiger partial charge is 0.494 e. The number of hydrogen-bond acceptors (Lipinski definition) is 4. The third-order valence-electron chi connectivity index (χ3n) is 3.20. The molecule has 0 radical (unpaired) electrons. The average molecular weight is 364 g/mol. The van der Waals surface area contributed by atoms with Gasteiger partial charge in [-0.25, -0.2) is 9.37 Å². The molecule has 1 N–H and O–H groups in total. The molecule has 2 aromatic carbocycles. The van der Waals surface area contributed by atoms with Crippen molar-refractivity contribution in [2.75, 3.05) is 12.4 Å². The summed E-state index contributed by atoms with van der Waals surface area (Å²) < 4.78 is 19.3. The zero-order valence-electron chi connectivity index (χ0n) is 12.7. The molecule has 24 heavy (non-hydrogen) atoms. The van der Waals surface area contributed by atoms with Gasteiger partial charge >= 0.3 is 0 Å². The van der Waals surface area contributed by atoms with Crippen LogP contribution in [0.2, 0.25) is 5.02 Å². The van der Waals surface area contributed by atoms with Gasteiger partial charge in [0.1, 0.15) is 11.6 Å². The van der Waals surface area contributed by atoms with Gasteiger partial charge in [-0.1, -0.05) is 35.5 Å². The van der Waals surface area contributed by atoms with Crippen LogP contribution in [0.5, 0.6) is 5.75 Å². The first-order valence-electron chi connectivity index (χ1n) is 7.41. The molecule has 1 aromatic heterocycles. The van der Waals surface area contributed by atoms with Crippen LogP contribution >= 0.6 is 23.4 Å². The highest BCUT2D eigenvalue weighted by Gasteiger charge is 2.09. The second-order valence-electron chi connectivity index (χ2n) is 4.95. The summed E-state index contributed by atoms with van der Waals surface area (Å²) in [5, 5.41) is 8.16. The first kappa shape index (κ1) is 16.8. The Balaban J connectivity index is 1.44. The maximum atomic E-state index is 13.7. The lowest BCUT2D eigenvalue weighted by molar-refractivity contribution is 0.318. The number of ether oxygens (including phenoxy) is 1. The maximum Gasteiger partial charge on any atom is 0.208 e. The number of aromatic nitrogens is 3. The van der Waals surface area contributed by atoms with Crippen molar-refractivity contribution in [3.05, 3.63) is 59.4 Å². The zero-order valence-corrected chi connectivity index (χ0v) is 14.3. The number of nitrogens with zero attached hydrogens (tertiary/aromatic N) is 2. The predicted molar refractivity (Wildman–Crippen MR) is 94.1 cm³/mol. The quantitative estimate of drug-likeness (QED) is 0.482. The SMILES string of the molecule is Fc1ccccc1-c1nc(SCCCOc2ccc(Cl)cc2)n[nH]1. The molecule has 4 nitrogen and oxygen atoms in total. The van der Waals surface area contributed by atoms with Gasteiger partial charge in [0, 0.05) is 10.8 Å². The molecule has 7 heteroatoms. The van der Waals surface area contributed by atoms with Gasteiger partial charge < -0.3 is 4.74 Å². The lowest BCUT2D eigenvalue weighted by atomic mass is 10.2. The predicted octanol–water partition coefficient (Wildman–Crippen LogP) is 4.83. The van der Waals surface area contributed by atoms with E-state index in [4.69, 9.17) is 16.3 Å². The van der Waals surface area contributed by atoms with E-state index in [-0.39, 0.29) is 5.82 Å². The molecule has 1 heterocycles. The molecule has 0 amide bonds. The lowest BCUT2D eigenvalue weighted by Gasteiger charge is -2.05. The van der Waals surface area contributed by atoms with E-state index in [1.165, 1.54) is 17.8 Å². The van der Waals surface area contributed by atoms with E-state index >= 15 is 0 Å². The third kappa shape index (κ3) is 4.49. The number of hydrogen-bond donors (Lipinski definition) is 1. The van der Waals surface area contributed by atoms with Gasteiger partial charge in [-0.15, -0.1) is 5.10 Å². The molecule has 3 aromatic rings. The Bertz CT molecular complexity index is 795. The summed E-state index contributed by atoms with van der Waals surface area (Å²) >= 11 is 7.32. The molecule has 0 bridgehead atoms. The molecular weight excluding hydrogens is 349 g/mol. The lowest BCUT2D eigenvalue weighted by Crippen LogP contribution is -1.98. The highest BCUT2D eigenvalue weighted by Crippen LogP contribution is 2.22. The first-order chi connectivity index (χ1) is 11.7. The molecule has 0 unspecified atom stereocenters.